The molecule has 0 aliphatic carbocycles. The van der Waals surface area contributed by atoms with E-state index < -0.39 is 49.0 Å². The third-order valence-corrected chi connectivity index (χ3v) is 11.0. The van der Waals surface area contributed by atoms with E-state index in [1.807, 2.05) is 188 Å². The summed E-state index contributed by atoms with van der Waals surface area (Å²) in [6.07, 6.45) is -1.37. The van der Waals surface area contributed by atoms with Crippen LogP contribution in [0.5, 0.6) is 0 Å². The molecule has 0 radical (unpaired) electrons. The number of hydrogen-bond donors (Lipinski definition) is 0. The van der Waals surface area contributed by atoms with Crippen LogP contribution in [0.25, 0.3) is 0 Å². The molecule has 0 N–H and O–H groups in total. The van der Waals surface area contributed by atoms with Gasteiger partial charge in [-0.3, -0.25) is 0 Å². The Morgan fingerprint density at radius 3 is 1.17 bits per heavy atom. The molecule has 63 heavy (non-hydrogen) atoms. The summed E-state index contributed by atoms with van der Waals surface area (Å²) >= 11 is 0. The van der Waals surface area contributed by atoms with Crippen molar-refractivity contribution < 1.29 is 42.6 Å². The van der Waals surface area contributed by atoms with Gasteiger partial charge in [0.25, 0.3) is 0 Å². The van der Waals surface area contributed by atoms with E-state index in [0.717, 1.165) is 33.4 Å². The predicted octanol–water partition coefficient (Wildman–Crippen LogP) is 9.78. The standard InChI is InChI=1S/C54H56O9/c1-7-19-41(20-8-1)33-55-39-49-51(59-36-44-25-13-4-14-26-44)52(60-37-45-27-15-5-16-28-45)53(61-38-46-29-17-6-18-30-46)54(63-49)62-40-48-50(58-35-43-23-11-3-12-24-43)47(31-32-56-48)57-34-42-21-9-2-10-22-42/h1-32,47-54H,33-40H2. The largest absolute Gasteiger partial charge is 0.493 e. The Kier molecular flexibility index (Phi) is 16.7. The lowest BCUT2D eigenvalue weighted by molar-refractivity contribution is -0.332. The van der Waals surface area contributed by atoms with E-state index in [1.54, 1.807) is 6.26 Å². The van der Waals surface area contributed by atoms with Crippen molar-refractivity contribution in [1.82, 2.24) is 0 Å². The van der Waals surface area contributed by atoms with Gasteiger partial charge in [-0.25, -0.2) is 0 Å². The normalized spacial score (nSPS) is 23.2. The second-order valence-corrected chi connectivity index (χ2v) is 15.7. The Balaban J connectivity index is 1.08. The van der Waals surface area contributed by atoms with Crippen molar-refractivity contribution in [1.29, 1.82) is 0 Å². The fourth-order valence-electron chi connectivity index (χ4n) is 7.71. The van der Waals surface area contributed by atoms with E-state index in [-0.39, 0.29) is 13.2 Å². The molecule has 0 aromatic heterocycles. The van der Waals surface area contributed by atoms with Gasteiger partial charge in [-0.05, 0) is 39.5 Å². The zero-order valence-electron chi connectivity index (χ0n) is 35.4. The average molecular weight is 849 g/mol. The Labute approximate surface area is 371 Å². The van der Waals surface area contributed by atoms with Crippen molar-refractivity contribution in [3.8, 4) is 0 Å². The molecule has 2 aliphatic rings. The summed E-state index contributed by atoms with van der Waals surface area (Å²) in [5.74, 6) is 0. The van der Waals surface area contributed by atoms with E-state index in [1.165, 1.54) is 0 Å². The number of ether oxygens (including phenoxy) is 9. The molecule has 2 aliphatic heterocycles. The van der Waals surface area contributed by atoms with Crippen molar-refractivity contribution in [3.63, 3.8) is 0 Å². The maximum absolute atomic E-state index is 6.97. The minimum Gasteiger partial charge on any atom is -0.493 e. The summed E-state index contributed by atoms with van der Waals surface area (Å²) in [5.41, 5.74) is 6.20. The van der Waals surface area contributed by atoms with Crippen LogP contribution in [-0.2, 0) is 82.3 Å². The maximum atomic E-state index is 6.97. The summed E-state index contributed by atoms with van der Waals surface area (Å²) < 4.78 is 60.4. The Morgan fingerprint density at radius 2 is 0.714 bits per heavy atom. The molecule has 8 rings (SSSR count). The zero-order chi connectivity index (χ0) is 42.7. The fourth-order valence-corrected chi connectivity index (χ4v) is 7.71. The quantitative estimate of drug-likeness (QED) is 0.0664. The molecule has 2 heterocycles. The third-order valence-electron chi connectivity index (χ3n) is 11.0. The Hall–Kier alpha value is -5.46. The molecule has 0 amide bonds. The lowest BCUT2D eigenvalue weighted by Crippen LogP contribution is -2.62. The maximum Gasteiger partial charge on any atom is 0.187 e. The van der Waals surface area contributed by atoms with Gasteiger partial charge in [0.1, 0.15) is 36.6 Å². The highest BCUT2D eigenvalue weighted by molar-refractivity contribution is 5.18. The highest BCUT2D eigenvalue weighted by Crippen LogP contribution is 2.33. The van der Waals surface area contributed by atoms with Gasteiger partial charge in [-0.1, -0.05) is 182 Å². The highest BCUT2D eigenvalue weighted by Gasteiger charge is 2.50. The van der Waals surface area contributed by atoms with Crippen LogP contribution in [0, 0.1) is 0 Å². The molecule has 0 bridgehead atoms. The van der Waals surface area contributed by atoms with Gasteiger partial charge in [-0.2, -0.15) is 0 Å². The molecule has 1 saturated heterocycles. The Morgan fingerprint density at radius 1 is 0.333 bits per heavy atom. The molecule has 9 heteroatoms. The van der Waals surface area contributed by atoms with Crippen LogP contribution in [0.1, 0.15) is 33.4 Å². The molecule has 0 saturated carbocycles. The van der Waals surface area contributed by atoms with Gasteiger partial charge >= 0.3 is 0 Å². The number of hydrogen-bond acceptors (Lipinski definition) is 9. The van der Waals surface area contributed by atoms with Gasteiger partial charge in [0.05, 0.1) is 59.1 Å². The van der Waals surface area contributed by atoms with Crippen LogP contribution < -0.4 is 0 Å². The van der Waals surface area contributed by atoms with Gasteiger partial charge < -0.3 is 42.6 Å². The van der Waals surface area contributed by atoms with Crippen LogP contribution in [0.4, 0.5) is 0 Å². The number of rotatable bonds is 22. The van der Waals surface area contributed by atoms with Gasteiger partial charge in [-0.15, -0.1) is 0 Å². The SMILES string of the molecule is C1=CC(OCc2ccccc2)C(OCc2ccccc2)C(COC2OC(COCc3ccccc3)C(OCc3ccccc3)C(OCc3ccccc3)C2OCc2ccccc2)O1. The minimum atomic E-state index is -0.913. The molecule has 8 atom stereocenters. The average Bonchev–Trinajstić information content (AvgIpc) is 3.35. The fraction of sp³-hybridized carbons (Fsp3) is 0.296. The van der Waals surface area contributed by atoms with E-state index in [4.69, 9.17) is 42.6 Å². The van der Waals surface area contributed by atoms with Crippen molar-refractivity contribution in [3.05, 3.63) is 228 Å². The summed E-state index contributed by atoms with van der Waals surface area (Å²) in [5, 5.41) is 0. The molecule has 8 unspecified atom stereocenters. The van der Waals surface area contributed by atoms with E-state index >= 15 is 0 Å². The monoisotopic (exact) mass is 848 g/mol. The second kappa shape index (κ2) is 23.8. The summed E-state index contributed by atoms with van der Waals surface area (Å²) in [6, 6.07) is 60.6. The summed E-state index contributed by atoms with van der Waals surface area (Å²) in [6.45, 7) is 2.43. The van der Waals surface area contributed by atoms with E-state index in [0.29, 0.717) is 39.6 Å². The molecular weight excluding hydrogens is 793 g/mol. The highest BCUT2D eigenvalue weighted by atomic mass is 16.7. The van der Waals surface area contributed by atoms with Gasteiger partial charge in [0.2, 0.25) is 0 Å². The molecular formula is C54H56O9. The van der Waals surface area contributed by atoms with Crippen molar-refractivity contribution in [2.75, 3.05) is 13.2 Å². The van der Waals surface area contributed by atoms with Crippen LogP contribution >= 0.6 is 0 Å². The first kappa shape index (κ1) is 44.2. The molecule has 6 aromatic rings. The summed E-state index contributed by atoms with van der Waals surface area (Å²) in [4.78, 5) is 0. The lowest BCUT2D eigenvalue weighted by atomic mass is 9.97. The first-order chi connectivity index (χ1) is 31.2. The predicted molar refractivity (Wildman–Crippen MR) is 240 cm³/mol. The van der Waals surface area contributed by atoms with Crippen molar-refractivity contribution in [2.45, 2.75) is 88.7 Å². The van der Waals surface area contributed by atoms with Crippen LogP contribution in [0.15, 0.2) is 194 Å². The zero-order valence-corrected chi connectivity index (χ0v) is 35.4. The molecule has 9 nitrogen and oxygen atoms in total. The third kappa shape index (κ3) is 13.3. The van der Waals surface area contributed by atoms with Crippen LogP contribution in [0.2, 0.25) is 0 Å². The van der Waals surface area contributed by atoms with Crippen molar-refractivity contribution in [2.24, 2.45) is 0 Å². The molecule has 0 spiro atoms. The van der Waals surface area contributed by atoms with Gasteiger partial charge in [0, 0.05) is 0 Å². The first-order valence-electron chi connectivity index (χ1n) is 21.7. The second-order valence-electron chi connectivity index (χ2n) is 15.7. The minimum absolute atomic E-state index is 0.101. The summed E-state index contributed by atoms with van der Waals surface area (Å²) in [7, 11) is 0. The van der Waals surface area contributed by atoms with Crippen molar-refractivity contribution >= 4 is 0 Å². The Bertz CT molecular complexity index is 2180. The molecule has 6 aromatic carbocycles. The topological polar surface area (TPSA) is 83.1 Å². The van der Waals surface area contributed by atoms with Gasteiger partial charge in [0.15, 0.2) is 12.4 Å². The van der Waals surface area contributed by atoms with Crippen LogP contribution in [0.3, 0.4) is 0 Å². The van der Waals surface area contributed by atoms with Crippen LogP contribution in [-0.4, -0.2) is 62.2 Å². The van der Waals surface area contributed by atoms with E-state index in [9.17, 15) is 0 Å². The smallest absolute Gasteiger partial charge is 0.187 e. The lowest BCUT2D eigenvalue weighted by Gasteiger charge is -2.46. The number of benzene rings is 6. The molecule has 1 fully saturated rings. The van der Waals surface area contributed by atoms with E-state index in [2.05, 4.69) is 0 Å². The molecule has 326 valence electrons. The first-order valence-corrected chi connectivity index (χ1v) is 21.7.